The molecule has 0 aliphatic rings. The maximum Gasteiger partial charge on any atom is 0.326 e. The number of carbonyl (C=O) groups is 5. The minimum absolute atomic E-state index is 0.135. The van der Waals surface area contributed by atoms with Gasteiger partial charge < -0.3 is 37.6 Å². The molecule has 0 aliphatic carbocycles. The Hall–Kier alpha value is -2.38. The van der Waals surface area contributed by atoms with Crippen LogP contribution in [0.3, 0.4) is 0 Å². The molecule has 0 bridgehead atoms. The van der Waals surface area contributed by atoms with Crippen molar-refractivity contribution in [2.45, 2.75) is 70.3 Å². The first kappa shape index (κ1) is 29.6. The average Bonchev–Trinajstić information content (AvgIpc) is 2.71. The van der Waals surface area contributed by atoms with Gasteiger partial charge in [0.15, 0.2) is 0 Å². The molecular weight excluding hydrogens is 442 g/mol. The summed E-state index contributed by atoms with van der Waals surface area (Å²) in [5.74, 6) is -4.44. The molecule has 4 amide bonds. The van der Waals surface area contributed by atoms with Crippen molar-refractivity contribution in [3.8, 4) is 0 Å². The Morgan fingerprint density at radius 3 is 1.97 bits per heavy atom. The minimum Gasteiger partial charge on any atom is -0.480 e. The molecule has 0 rings (SSSR count). The van der Waals surface area contributed by atoms with Crippen molar-refractivity contribution < 1.29 is 34.2 Å². The van der Waals surface area contributed by atoms with Gasteiger partial charge in [-0.2, -0.15) is 11.8 Å². The second-order valence-electron chi connectivity index (χ2n) is 7.55. The van der Waals surface area contributed by atoms with Crippen molar-refractivity contribution in [1.29, 1.82) is 0 Å². The van der Waals surface area contributed by atoms with Crippen LogP contribution in [0.15, 0.2) is 0 Å². The molecular formula is C19H35N5O7S. The van der Waals surface area contributed by atoms with Gasteiger partial charge in [-0.15, -0.1) is 0 Å². The van der Waals surface area contributed by atoms with Gasteiger partial charge in [0, 0.05) is 0 Å². The third-order valence-corrected chi connectivity index (χ3v) is 5.53. The number of nitrogens with one attached hydrogen (secondary N) is 3. The first-order valence-electron chi connectivity index (χ1n) is 10.2. The van der Waals surface area contributed by atoms with Gasteiger partial charge in [-0.3, -0.25) is 19.2 Å². The molecule has 9 N–H and O–H groups in total. The standard InChI is InChI=1S/C19H35N5O7S/c1-5-9(2)14(21)17(28)23-12(8-13(20)26)16(27)24-15(10(3)25)18(29)22-11(19(30)31)6-7-32-4/h9-12,14-15,25H,5-8,21H2,1-4H3,(H2,20,26)(H,22,29)(H,23,28)(H,24,27)(H,30,31). The first-order chi connectivity index (χ1) is 14.8. The molecule has 0 heterocycles. The average molecular weight is 478 g/mol. The highest BCUT2D eigenvalue weighted by molar-refractivity contribution is 7.98. The fourth-order valence-electron chi connectivity index (χ4n) is 2.60. The molecule has 0 saturated carbocycles. The van der Waals surface area contributed by atoms with Gasteiger partial charge in [0.2, 0.25) is 23.6 Å². The van der Waals surface area contributed by atoms with Gasteiger partial charge in [-0.05, 0) is 31.3 Å². The predicted molar refractivity (Wildman–Crippen MR) is 119 cm³/mol. The number of amides is 4. The van der Waals surface area contributed by atoms with Crippen molar-refractivity contribution in [3.63, 3.8) is 0 Å². The van der Waals surface area contributed by atoms with Crippen LogP contribution >= 0.6 is 11.8 Å². The normalized spacial score (nSPS) is 16.6. The van der Waals surface area contributed by atoms with E-state index in [9.17, 15) is 34.2 Å². The largest absolute Gasteiger partial charge is 0.480 e. The number of carboxylic acid groups (broad SMARTS) is 1. The molecule has 0 spiro atoms. The number of aliphatic hydroxyl groups is 1. The Labute approximate surface area is 191 Å². The number of nitrogens with two attached hydrogens (primary N) is 2. The molecule has 0 aromatic rings. The van der Waals surface area contributed by atoms with Crippen LogP contribution in [0.4, 0.5) is 0 Å². The number of aliphatic carboxylic acids is 1. The summed E-state index contributed by atoms with van der Waals surface area (Å²) in [5, 5.41) is 26.1. The van der Waals surface area contributed by atoms with Crippen LogP contribution in [-0.4, -0.2) is 82.1 Å². The fourth-order valence-corrected chi connectivity index (χ4v) is 3.08. The monoisotopic (exact) mass is 477 g/mol. The molecule has 184 valence electrons. The molecule has 0 aliphatic heterocycles. The summed E-state index contributed by atoms with van der Waals surface area (Å²) in [6, 6.07) is -5.13. The lowest BCUT2D eigenvalue weighted by atomic mass is 9.99. The van der Waals surface area contributed by atoms with E-state index in [-0.39, 0.29) is 12.3 Å². The van der Waals surface area contributed by atoms with Crippen LogP contribution in [0.1, 0.15) is 40.0 Å². The van der Waals surface area contributed by atoms with Crippen molar-refractivity contribution in [2.75, 3.05) is 12.0 Å². The number of carboxylic acids is 1. The van der Waals surface area contributed by atoms with Gasteiger partial charge in [0.1, 0.15) is 18.1 Å². The second kappa shape index (κ2) is 14.6. The zero-order valence-corrected chi connectivity index (χ0v) is 19.6. The summed E-state index contributed by atoms with van der Waals surface area (Å²) in [4.78, 5) is 60.4. The van der Waals surface area contributed by atoms with E-state index in [4.69, 9.17) is 11.5 Å². The maximum absolute atomic E-state index is 12.7. The van der Waals surface area contributed by atoms with Crippen LogP contribution in [-0.2, 0) is 24.0 Å². The van der Waals surface area contributed by atoms with Crippen molar-refractivity contribution in [2.24, 2.45) is 17.4 Å². The Morgan fingerprint density at radius 1 is 0.969 bits per heavy atom. The molecule has 6 unspecified atom stereocenters. The van der Waals surface area contributed by atoms with Gasteiger partial charge in [0.05, 0.1) is 18.6 Å². The smallest absolute Gasteiger partial charge is 0.326 e. The van der Waals surface area contributed by atoms with Crippen LogP contribution in [0.25, 0.3) is 0 Å². The molecule has 6 atom stereocenters. The quantitative estimate of drug-likeness (QED) is 0.137. The molecule has 12 nitrogen and oxygen atoms in total. The number of carbonyl (C=O) groups excluding carboxylic acids is 4. The fraction of sp³-hybridized carbons (Fsp3) is 0.737. The first-order valence-corrected chi connectivity index (χ1v) is 11.6. The minimum atomic E-state index is -1.53. The zero-order chi connectivity index (χ0) is 25.0. The summed E-state index contributed by atoms with van der Waals surface area (Å²) in [6.45, 7) is 4.81. The second-order valence-corrected chi connectivity index (χ2v) is 8.54. The number of aliphatic hydroxyl groups excluding tert-OH is 1. The highest BCUT2D eigenvalue weighted by Crippen LogP contribution is 2.07. The maximum atomic E-state index is 12.7. The third-order valence-electron chi connectivity index (χ3n) is 4.89. The van der Waals surface area contributed by atoms with E-state index in [2.05, 4.69) is 16.0 Å². The molecule has 32 heavy (non-hydrogen) atoms. The Balaban J connectivity index is 5.43. The van der Waals surface area contributed by atoms with E-state index in [0.29, 0.717) is 12.2 Å². The highest BCUT2D eigenvalue weighted by Gasteiger charge is 2.33. The topological polar surface area (TPSA) is 214 Å². The predicted octanol–water partition coefficient (Wildman–Crippen LogP) is -2.09. The number of hydrogen-bond donors (Lipinski definition) is 7. The Kier molecular flexibility index (Phi) is 13.5. The van der Waals surface area contributed by atoms with Crippen LogP contribution in [0.5, 0.6) is 0 Å². The van der Waals surface area contributed by atoms with Crippen molar-refractivity contribution in [1.82, 2.24) is 16.0 Å². The summed E-state index contributed by atoms with van der Waals surface area (Å²) in [6.07, 6.45) is 0.550. The van der Waals surface area contributed by atoms with E-state index in [1.807, 2.05) is 6.92 Å². The number of thioether (sulfide) groups is 1. The SMILES string of the molecule is CCC(C)C(N)C(=O)NC(CC(N)=O)C(=O)NC(C(=O)NC(CCSC)C(=O)O)C(C)O. The highest BCUT2D eigenvalue weighted by atomic mass is 32.2. The van der Waals surface area contributed by atoms with Crippen LogP contribution in [0.2, 0.25) is 0 Å². The van der Waals surface area contributed by atoms with Crippen molar-refractivity contribution >= 4 is 41.4 Å². The van der Waals surface area contributed by atoms with Gasteiger partial charge in [0.25, 0.3) is 0 Å². The lowest BCUT2D eigenvalue weighted by Crippen LogP contribution is -2.60. The molecule has 0 fully saturated rings. The van der Waals surface area contributed by atoms with E-state index in [0.717, 1.165) is 0 Å². The van der Waals surface area contributed by atoms with E-state index >= 15 is 0 Å². The number of rotatable bonds is 15. The zero-order valence-electron chi connectivity index (χ0n) is 18.8. The lowest BCUT2D eigenvalue weighted by Gasteiger charge is -2.26. The Bertz CT molecular complexity index is 676. The number of primary amides is 1. The molecule has 0 aromatic carbocycles. The Morgan fingerprint density at radius 2 is 1.53 bits per heavy atom. The van der Waals surface area contributed by atoms with E-state index < -0.39 is 66.3 Å². The van der Waals surface area contributed by atoms with E-state index in [1.165, 1.54) is 18.7 Å². The van der Waals surface area contributed by atoms with Gasteiger partial charge >= 0.3 is 5.97 Å². The summed E-state index contributed by atoms with van der Waals surface area (Å²) in [7, 11) is 0. The molecule has 0 saturated heterocycles. The lowest BCUT2D eigenvalue weighted by molar-refractivity contribution is -0.143. The van der Waals surface area contributed by atoms with Gasteiger partial charge in [-0.25, -0.2) is 4.79 Å². The van der Waals surface area contributed by atoms with Crippen LogP contribution < -0.4 is 27.4 Å². The summed E-state index contributed by atoms with van der Waals surface area (Å²) < 4.78 is 0. The van der Waals surface area contributed by atoms with E-state index in [1.54, 1.807) is 13.2 Å². The van der Waals surface area contributed by atoms with Crippen LogP contribution in [0, 0.1) is 5.92 Å². The summed E-state index contributed by atoms with van der Waals surface area (Å²) in [5.41, 5.74) is 11.0. The van der Waals surface area contributed by atoms with Crippen molar-refractivity contribution in [3.05, 3.63) is 0 Å². The number of hydrogen-bond acceptors (Lipinski definition) is 8. The third kappa shape index (κ3) is 10.3. The molecule has 0 aromatic heterocycles. The molecule has 13 heteroatoms. The summed E-state index contributed by atoms with van der Waals surface area (Å²) >= 11 is 1.39. The van der Waals surface area contributed by atoms with Gasteiger partial charge in [-0.1, -0.05) is 20.3 Å². The molecule has 0 radical (unpaired) electrons.